The number of amides is 1. The van der Waals surface area contributed by atoms with Gasteiger partial charge in [0.2, 0.25) is 5.88 Å². The zero-order valence-corrected chi connectivity index (χ0v) is 18.5. The zero-order chi connectivity index (χ0) is 23.1. The van der Waals surface area contributed by atoms with Crippen molar-refractivity contribution in [3.05, 3.63) is 60.4 Å². The predicted octanol–water partition coefficient (Wildman–Crippen LogP) is 1.82. The van der Waals surface area contributed by atoms with Crippen LogP contribution < -0.4 is 24.8 Å². The third-order valence-corrected chi connectivity index (χ3v) is 5.46. The molecular formula is C19H18N6O5S2. The average molecular weight is 475 g/mol. The topological polar surface area (TPSA) is 144 Å². The molecule has 32 heavy (non-hydrogen) atoms. The molecule has 13 heteroatoms. The van der Waals surface area contributed by atoms with Gasteiger partial charge in [-0.2, -0.15) is 9.97 Å². The maximum absolute atomic E-state index is 12.7. The summed E-state index contributed by atoms with van der Waals surface area (Å²) in [5.74, 6) is -0.305. The number of anilines is 2. The van der Waals surface area contributed by atoms with Crippen LogP contribution in [0.3, 0.4) is 0 Å². The quantitative estimate of drug-likeness (QED) is 0.434. The summed E-state index contributed by atoms with van der Waals surface area (Å²) < 4.78 is 37.6. The number of nitrogens with zero attached hydrogens (tertiary/aromatic N) is 3. The second kappa shape index (κ2) is 9.98. The molecule has 0 saturated heterocycles. The molecule has 0 unspecified atom stereocenters. The molecule has 0 fully saturated rings. The molecule has 0 spiro atoms. The maximum Gasteiger partial charge on any atom is 0.321 e. The fraction of sp³-hybridized carbons (Fsp3) is 0.105. The Kier molecular flexibility index (Phi) is 7.12. The third-order valence-electron chi connectivity index (χ3n) is 3.89. The summed E-state index contributed by atoms with van der Waals surface area (Å²) in [5, 5.41) is 5.38. The number of methoxy groups -OCH3 is 2. The highest BCUT2D eigenvalue weighted by Crippen LogP contribution is 2.21. The summed E-state index contributed by atoms with van der Waals surface area (Å²) in [6.07, 6.45) is 2.96. The van der Waals surface area contributed by atoms with Crippen LogP contribution in [0.2, 0.25) is 0 Å². The second-order valence-corrected chi connectivity index (χ2v) is 8.15. The molecule has 0 saturated carbocycles. The summed E-state index contributed by atoms with van der Waals surface area (Å²) in [7, 11) is -1.22. The van der Waals surface area contributed by atoms with Crippen LogP contribution in [0.1, 0.15) is 10.4 Å². The highest BCUT2D eigenvalue weighted by molar-refractivity contribution is 7.92. The molecule has 2 heterocycles. The fourth-order valence-corrected chi connectivity index (χ4v) is 3.60. The van der Waals surface area contributed by atoms with E-state index in [4.69, 9.17) is 21.7 Å². The first kappa shape index (κ1) is 22.8. The molecule has 0 radical (unpaired) electrons. The molecule has 11 nitrogen and oxygen atoms in total. The SMILES string of the molecule is COc1cc(NS(=O)(=O)c2ccc(NC(=S)NC(=O)c3cccnc3)cc2)nc(OC)n1. The number of carbonyl (C=O) groups excluding carboxylic acids is 1. The van der Waals surface area contributed by atoms with Crippen molar-refractivity contribution in [2.24, 2.45) is 0 Å². The van der Waals surface area contributed by atoms with E-state index < -0.39 is 15.9 Å². The normalized spacial score (nSPS) is 10.7. The number of hydrogen-bond donors (Lipinski definition) is 3. The number of thiocarbonyl (C=S) groups is 1. The number of benzene rings is 1. The number of ether oxygens (including phenoxy) is 2. The monoisotopic (exact) mass is 474 g/mol. The van der Waals surface area contributed by atoms with E-state index in [1.54, 1.807) is 18.3 Å². The highest BCUT2D eigenvalue weighted by Gasteiger charge is 2.17. The van der Waals surface area contributed by atoms with Gasteiger partial charge in [0.25, 0.3) is 15.9 Å². The van der Waals surface area contributed by atoms with Crippen LogP contribution in [-0.2, 0) is 10.0 Å². The smallest absolute Gasteiger partial charge is 0.321 e. The largest absolute Gasteiger partial charge is 0.481 e. The van der Waals surface area contributed by atoms with Crippen LogP contribution in [-0.4, -0.2) is 48.6 Å². The zero-order valence-electron chi connectivity index (χ0n) is 16.9. The van der Waals surface area contributed by atoms with Crippen LogP contribution >= 0.6 is 12.2 Å². The van der Waals surface area contributed by atoms with Crippen molar-refractivity contribution >= 4 is 44.8 Å². The van der Waals surface area contributed by atoms with Crippen molar-refractivity contribution in [1.29, 1.82) is 0 Å². The van der Waals surface area contributed by atoms with E-state index in [-0.39, 0.29) is 27.7 Å². The summed E-state index contributed by atoms with van der Waals surface area (Å²) in [4.78, 5) is 23.8. The molecule has 0 aliphatic heterocycles. The summed E-state index contributed by atoms with van der Waals surface area (Å²) in [6, 6.07) is 10.2. The highest BCUT2D eigenvalue weighted by atomic mass is 32.2. The lowest BCUT2D eigenvalue weighted by molar-refractivity contribution is 0.0977. The lowest BCUT2D eigenvalue weighted by Crippen LogP contribution is -2.34. The van der Waals surface area contributed by atoms with Crippen molar-refractivity contribution in [1.82, 2.24) is 20.3 Å². The lowest BCUT2D eigenvalue weighted by atomic mass is 10.3. The number of carbonyl (C=O) groups is 1. The molecule has 1 amide bonds. The standard InChI is InChI=1S/C19H18N6O5S2/c1-29-16-10-15(22-18(23-16)30-2)25-32(27,28)14-7-5-13(6-8-14)21-19(31)24-17(26)12-4-3-9-20-11-12/h3-11H,1-2H3,(H,22,23,25)(H2,21,24,26,31). The number of nitrogens with one attached hydrogen (secondary N) is 3. The van der Waals surface area contributed by atoms with Gasteiger partial charge in [-0.05, 0) is 48.6 Å². The van der Waals surface area contributed by atoms with Crippen LogP contribution in [0.5, 0.6) is 11.9 Å². The molecule has 0 atom stereocenters. The number of rotatable bonds is 7. The van der Waals surface area contributed by atoms with Crippen molar-refractivity contribution in [2.45, 2.75) is 4.90 Å². The molecule has 3 N–H and O–H groups in total. The van der Waals surface area contributed by atoms with Gasteiger partial charge < -0.3 is 14.8 Å². The Hall–Kier alpha value is -3.84. The summed E-state index contributed by atoms with van der Waals surface area (Å²) in [5.41, 5.74) is 0.827. The second-order valence-electron chi connectivity index (χ2n) is 6.06. The van der Waals surface area contributed by atoms with E-state index in [2.05, 4.69) is 30.3 Å². The van der Waals surface area contributed by atoms with Gasteiger partial charge in [-0.15, -0.1) is 0 Å². The Morgan fingerprint density at radius 3 is 2.44 bits per heavy atom. The van der Waals surface area contributed by atoms with Crippen LogP contribution in [0.4, 0.5) is 11.5 Å². The average Bonchev–Trinajstić information content (AvgIpc) is 2.79. The first-order valence-corrected chi connectivity index (χ1v) is 10.8. The molecule has 0 aliphatic carbocycles. The van der Waals surface area contributed by atoms with Gasteiger partial charge in [-0.1, -0.05) is 0 Å². The molecule has 0 aliphatic rings. The van der Waals surface area contributed by atoms with Gasteiger partial charge >= 0.3 is 6.01 Å². The van der Waals surface area contributed by atoms with Gasteiger partial charge in [-0.3, -0.25) is 19.8 Å². The number of hydrogen-bond acceptors (Lipinski definition) is 9. The van der Waals surface area contributed by atoms with Crippen molar-refractivity contribution < 1.29 is 22.7 Å². The van der Waals surface area contributed by atoms with Gasteiger partial charge in [0.05, 0.1) is 24.7 Å². The minimum absolute atomic E-state index is 0.0183. The third kappa shape index (κ3) is 5.86. The van der Waals surface area contributed by atoms with Crippen LogP contribution in [0.25, 0.3) is 0 Å². The maximum atomic E-state index is 12.7. The van der Waals surface area contributed by atoms with E-state index in [9.17, 15) is 13.2 Å². The van der Waals surface area contributed by atoms with Crippen LogP contribution in [0.15, 0.2) is 59.8 Å². The van der Waals surface area contributed by atoms with Gasteiger partial charge in [0, 0.05) is 24.1 Å². The Morgan fingerprint density at radius 1 is 1.06 bits per heavy atom. The van der Waals surface area contributed by atoms with Crippen molar-refractivity contribution in [3.63, 3.8) is 0 Å². The fourth-order valence-electron chi connectivity index (χ4n) is 2.40. The lowest BCUT2D eigenvalue weighted by Gasteiger charge is -2.11. The Morgan fingerprint density at radius 2 is 1.81 bits per heavy atom. The minimum Gasteiger partial charge on any atom is -0.481 e. The van der Waals surface area contributed by atoms with Crippen molar-refractivity contribution in [3.8, 4) is 11.9 Å². The molecule has 3 aromatic rings. The van der Waals surface area contributed by atoms with Gasteiger partial charge in [-0.25, -0.2) is 8.42 Å². The number of pyridine rings is 1. The van der Waals surface area contributed by atoms with E-state index in [1.165, 1.54) is 50.7 Å². The number of aromatic nitrogens is 3. The van der Waals surface area contributed by atoms with Gasteiger partial charge in [0.15, 0.2) is 10.9 Å². The summed E-state index contributed by atoms with van der Waals surface area (Å²) in [6.45, 7) is 0. The van der Waals surface area contributed by atoms with E-state index in [1.807, 2.05) is 0 Å². The first-order chi connectivity index (χ1) is 15.3. The number of sulfonamides is 1. The molecule has 166 valence electrons. The van der Waals surface area contributed by atoms with E-state index in [0.29, 0.717) is 11.3 Å². The molecule has 1 aromatic carbocycles. The van der Waals surface area contributed by atoms with Gasteiger partial charge in [0.1, 0.15) is 0 Å². The Bertz CT molecular complexity index is 1200. The molecule has 3 rings (SSSR count). The minimum atomic E-state index is -3.95. The van der Waals surface area contributed by atoms with Crippen molar-refractivity contribution in [2.75, 3.05) is 24.3 Å². The molecule has 2 aromatic heterocycles. The Labute approximate surface area is 189 Å². The summed E-state index contributed by atoms with van der Waals surface area (Å²) >= 11 is 5.12. The molecular weight excluding hydrogens is 456 g/mol. The molecule has 0 bridgehead atoms. The van der Waals surface area contributed by atoms with Crippen LogP contribution in [0, 0.1) is 0 Å². The van der Waals surface area contributed by atoms with E-state index >= 15 is 0 Å². The predicted molar refractivity (Wildman–Crippen MR) is 120 cm³/mol. The van der Waals surface area contributed by atoms with E-state index in [0.717, 1.165) is 0 Å². The Balaban J connectivity index is 1.66. The first-order valence-electron chi connectivity index (χ1n) is 8.93.